The van der Waals surface area contributed by atoms with Crippen LogP contribution in [-0.4, -0.2) is 56.0 Å². The minimum Gasteiger partial charge on any atom is -0.396 e. The van der Waals surface area contributed by atoms with E-state index < -0.39 is 0 Å². The summed E-state index contributed by atoms with van der Waals surface area (Å²) in [6.07, 6.45) is 5.55. The minimum atomic E-state index is -0.121. The van der Waals surface area contributed by atoms with E-state index >= 15 is 0 Å². The predicted molar refractivity (Wildman–Crippen MR) is 103 cm³/mol. The number of aliphatic hydroxyl groups is 1. The number of amides is 1. The van der Waals surface area contributed by atoms with Crippen molar-refractivity contribution in [3.63, 3.8) is 0 Å². The van der Waals surface area contributed by atoms with E-state index in [4.69, 9.17) is 5.11 Å². The fraction of sp³-hybridized carbons (Fsp3) is 0.300. The second-order valence-electron chi connectivity index (χ2n) is 6.49. The molecule has 3 aromatic heterocycles. The summed E-state index contributed by atoms with van der Waals surface area (Å²) in [6, 6.07) is 5.63. The lowest BCUT2D eigenvalue weighted by atomic mass is 10.1. The Kier molecular flexibility index (Phi) is 5.61. The molecule has 1 amide bonds. The van der Waals surface area contributed by atoms with Crippen LogP contribution in [0.15, 0.2) is 36.8 Å². The monoisotopic (exact) mass is 365 g/mol. The number of aliphatic hydroxyl groups excluding tert-OH is 1. The molecule has 0 fully saturated rings. The molecular formula is C20H23N5O2. The molecule has 7 nitrogen and oxygen atoms in total. The Morgan fingerprint density at radius 1 is 1.22 bits per heavy atom. The molecule has 3 rings (SSSR count). The van der Waals surface area contributed by atoms with Crippen LogP contribution in [0.3, 0.4) is 0 Å². The van der Waals surface area contributed by atoms with Crippen LogP contribution in [0, 0.1) is 13.8 Å². The molecular weight excluding hydrogens is 342 g/mol. The molecule has 0 saturated heterocycles. The van der Waals surface area contributed by atoms with Crippen molar-refractivity contribution < 1.29 is 9.90 Å². The molecule has 0 bridgehead atoms. The number of rotatable bonds is 6. The third-order valence-electron chi connectivity index (χ3n) is 4.45. The number of hydrogen-bond acceptors (Lipinski definition) is 5. The van der Waals surface area contributed by atoms with Gasteiger partial charge in [-0.1, -0.05) is 0 Å². The van der Waals surface area contributed by atoms with E-state index in [9.17, 15) is 4.79 Å². The average molecular weight is 365 g/mol. The summed E-state index contributed by atoms with van der Waals surface area (Å²) in [5.74, 6) is 0.597. The zero-order valence-electron chi connectivity index (χ0n) is 15.7. The fourth-order valence-corrected chi connectivity index (χ4v) is 2.75. The largest absolute Gasteiger partial charge is 0.396 e. The zero-order valence-corrected chi connectivity index (χ0v) is 15.7. The van der Waals surface area contributed by atoms with Gasteiger partial charge in [0.25, 0.3) is 5.91 Å². The van der Waals surface area contributed by atoms with Crippen LogP contribution in [-0.2, 0) is 0 Å². The molecule has 0 atom stereocenters. The van der Waals surface area contributed by atoms with E-state index in [1.165, 1.54) is 0 Å². The summed E-state index contributed by atoms with van der Waals surface area (Å²) in [5, 5.41) is 8.93. The molecule has 140 valence electrons. The number of carbonyl (C=O) groups excluding carboxylic acids is 1. The van der Waals surface area contributed by atoms with E-state index in [-0.39, 0.29) is 12.5 Å². The van der Waals surface area contributed by atoms with E-state index in [1.54, 1.807) is 30.5 Å². The number of hydrogen-bond donors (Lipinski definition) is 2. The van der Waals surface area contributed by atoms with Gasteiger partial charge in [0, 0.05) is 50.0 Å². The van der Waals surface area contributed by atoms with Crippen molar-refractivity contribution in [3.8, 4) is 22.6 Å². The third kappa shape index (κ3) is 4.20. The van der Waals surface area contributed by atoms with Crippen LogP contribution in [0.25, 0.3) is 22.6 Å². The second kappa shape index (κ2) is 8.09. The summed E-state index contributed by atoms with van der Waals surface area (Å²) in [5.41, 5.74) is 4.94. The second-order valence-corrected chi connectivity index (χ2v) is 6.49. The van der Waals surface area contributed by atoms with Crippen molar-refractivity contribution in [2.24, 2.45) is 0 Å². The van der Waals surface area contributed by atoms with Crippen LogP contribution in [0.4, 0.5) is 0 Å². The lowest BCUT2D eigenvalue weighted by Crippen LogP contribution is -2.28. The van der Waals surface area contributed by atoms with Gasteiger partial charge < -0.3 is 15.0 Å². The van der Waals surface area contributed by atoms with E-state index in [0.717, 1.165) is 34.0 Å². The summed E-state index contributed by atoms with van der Waals surface area (Å²) in [4.78, 5) is 30.5. The van der Waals surface area contributed by atoms with Crippen molar-refractivity contribution in [3.05, 3.63) is 53.7 Å². The molecule has 27 heavy (non-hydrogen) atoms. The number of H-pyrrole nitrogens is 1. The number of aromatic nitrogens is 4. The number of imidazole rings is 1. The van der Waals surface area contributed by atoms with Gasteiger partial charge in [0.2, 0.25) is 0 Å². The fourth-order valence-electron chi connectivity index (χ4n) is 2.75. The van der Waals surface area contributed by atoms with Crippen molar-refractivity contribution in [1.29, 1.82) is 0 Å². The molecule has 0 aliphatic heterocycles. The van der Waals surface area contributed by atoms with Crippen LogP contribution >= 0.6 is 0 Å². The number of carbonyl (C=O) groups is 1. The lowest BCUT2D eigenvalue weighted by Gasteiger charge is -2.16. The van der Waals surface area contributed by atoms with Gasteiger partial charge in [-0.15, -0.1) is 0 Å². The van der Waals surface area contributed by atoms with Crippen molar-refractivity contribution >= 4 is 5.91 Å². The molecule has 0 aliphatic carbocycles. The van der Waals surface area contributed by atoms with Gasteiger partial charge in [0.05, 0.1) is 11.3 Å². The summed E-state index contributed by atoms with van der Waals surface area (Å²) in [6.45, 7) is 4.48. The molecule has 0 aromatic carbocycles. The van der Waals surface area contributed by atoms with Gasteiger partial charge in [0.1, 0.15) is 5.69 Å². The molecule has 7 heteroatoms. The SMILES string of the molecule is Cc1nc(-c2cc(-c3cncc(C(=O)N(C)CCCO)c3)ccn2)[nH]c1C. The highest BCUT2D eigenvalue weighted by molar-refractivity contribution is 5.95. The Balaban J connectivity index is 1.89. The van der Waals surface area contributed by atoms with Gasteiger partial charge in [-0.05, 0) is 44.0 Å². The Morgan fingerprint density at radius 2 is 2.04 bits per heavy atom. The Hall–Kier alpha value is -3.06. The van der Waals surface area contributed by atoms with Crippen molar-refractivity contribution in [1.82, 2.24) is 24.8 Å². The van der Waals surface area contributed by atoms with Crippen molar-refractivity contribution in [2.45, 2.75) is 20.3 Å². The topological polar surface area (TPSA) is 95.0 Å². The van der Waals surface area contributed by atoms with E-state index in [1.807, 2.05) is 32.0 Å². The highest BCUT2D eigenvalue weighted by Gasteiger charge is 2.14. The minimum absolute atomic E-state index is 0.0570. The van der Waals surface area contributed by atoms with Gasteiger partial charge in [-0.25, -0.2) is 4.98 Å². The molecule has 0 unspecified atom stereocenters. The maximum atomic E-state index is 12.5. The zero-order chi connectivity index (χ0) is 19.4. The first-order valence-corrected chi connectivity index (χ1v) is 8.81. The van der Waals surface area contributed by atoms with E-state index in [0.29, 0.717) is 18.5 Å². The number of nitrogens with one attached hydrogen (secondary N) is 1. The molecule has 3 aromatic rings. The van der Waals surface area contributed by atoms with Crippen LogP contribution in [0.1, 0.15) is 28.2 Å². The van der Waals surface area contributed by atoms with Gasteiger partial charge in [-0.2, -0.15) is 0 Å². The molecule has 0 spiro atoms. The quantitative estimate of drug-likeness (QED) is 0.700. The number of aryl methyl sites for hydroxylation is 2. The van der Waals surface area contributed by atoms with Gasteiger partial charge in [-0.3, -0.25) is 14.8 Å². The number of aromatic amines is 1. The summed E-state index contributed by atoms with van der Waals surface area (Å²) < 4.78 is 0. The molecule has 2 N–H and O–H groups in total. The number of pyridine rings is 2. The lowest BCUT2D eigenvalue weighted by molar-refractivity contribution is 0.0786. The van der Waals surface area contributed by atoms with Crippen LogP contribution in [0.2, 0.25) is 0 Å². The molecule has 0 radical (unpaired) electrons. The standard InChI is InChI=1S/C20H23N5O2/c1-13-14(2)24-19(23-13)18-10-15(5-6-22-18)16-9-17(12-21-11-16)20(27)25(3)7-4-8-26/h5-6,9-12,26H,4,7-8H2,1-3H3,(H,23,24). The van der Waals surface area contributed by atoms with Gasteiger partial charge in [0.15, 0.2) is 5.82 Å². The highest BCUT2D eigenvalue weighted by Crippen LogP contribution is 2.24. The smallest absolute Gasteiger partial charge is 0.255 e. The maximum absolute atomic E-state index is 12.5. The molecule has 0 aliphatic rings. The summed E-state index contributed by atoms with van der Waals surface area (Å²) >= 11 is 0. The number of nitrogens with zero attached hydrogens (tertiary/aromatic N) is 4. The Morgan fingerprint density at radius 3 is 2.74 bits per heavy atom. The van der Waals surface area contributed by atoms with Gasteiger partial charge >= 0.3 is 0 Å². The highest BCUT2D eigenvalue weighted by atomic mass is 16.3. The molecule has 3 heterocycles. The van der Waals surface area contributed by atoms with E-state index in [2.05, 4.69) is 19.9 Å². The Bertz CT molecular complexity index is 932. The first-order chi connectivity index (χ1) is 13.0. The van der Waals surface area contributed by atoms with Crippen LogP contribution in [0.5, 0.6) is 0 Å². The summed E-state index contributed by atoms with van der Waals surface area (Å²) in [7, 11) is 1.72. The molecule has 0 saturated carbocycles. The van der Waals surface area contributed by atoms with Crippen LogP contribution < -0.4 is 0 Å². The average Bonchev–Trinajstić information content (AvgIpc) is 3.04. The van der Waals surface area contributed by atoms with Crippen molar-refractivity contribution in [2.75, 3.05) is 20.2 Å². The Labute approximate surface area is 158 Å². The maximum Gasteiger partial charge on any atom is 0.255 e. The third-order valence-corrected chi connectivity index (χ3v) is 4.45. The normalized spacial score (nSPS) is 10.8. The first-order valence-electron chi connectivity index (χ1n) is 8.81. The first kappa shape index (κ1) is 18.7. The predicted octanol–water partition coefficient (Wildman–Crippen LogP) is 2.60.